The van der Waals surface area contributed by atoms with Crippen LogP contribution in [0.2, 0.25) is 0 Å². The molecule has 82 valence electrons. The minimum atomic E-state index is -0.0737. The van der Waals surface area contributed by atoms with Crippen molar-refractivity contribution >= 4 is 5.84 Å². The van der Waals surface area contributed by atoms with Crippen molar-refractivity contribution in [2.75, 3.05) is 27.2 Å². The maximum absolute atomic E-state index is 7.32. The van der Waals surface area contributed by atoms with Crippen LogP contribution in [0, 0.1) is 5.41 Å². The number of nitrogens with two attached hydrogens (primary N) is 1. The molecular formula is C10H16N4O. The van der Waals surface area contributed by atoms with Crippen LogP contribution in [0.25, 0.3) is 0 Å². The van der Waals surface area contributed by atoms with E-state index in [1.165, 1.54) is 0 Å². The average Bonchev–Trinajstić information content (AvgIpc) is 2.17. The number of ether oxygens (including phenoxy) is 1. The number of aromatic nitrogens is 1. The summed E-state index contributed by atoms with van der Waals surface area (Å²) in [5, 5.41) is 7.32. The molecule has 5 heteroatoms. The number of likely N-dealkylation sites (N-methyl/N-ethyl adjacent to an activating group) is 1. The van der Waals surface area contributed by atoms with Gasteiger partial charge in [-0.1, -0.05) is 0 Å². The highest BCUT2D eigenvalue weighted by Gasteiger charge is 2.06. The highest BCUT2D eigenvalue weighted by atomic mass is 16.5. The molecule has 0 unspecified atom stereocenters. The van der Waals surface area contributed by atoms with Crippen molar-refractivity contribution in [3.8, 4) is 5.75 Å². The van der Waals surface area contributed by atoms with Gasteiger partial charge in [0.25, 0.3) is 0 Å². The van der Waals surface area contributed by atoms with E-state index in [4.69, 9.17) is 15.9 Å². The van der Waals surface area contributed by atoms with Crippen molar-refractivity contribution < 1.29 is 4.74 Å². The number of nitrogens with one attached hydrogen (secondary N) is 1. The summed E-state index contributed by atoms with van der Waals surface area (Å²) < 4.78 is 5.48. The Morgan fingerprint density at radius 1 is 1.60 bits per heavy atom. The van der Waals surface area contributed by atoms with Gasteiger partial charge < -0.3 is 15.4 Å². The van der Waals surface area contributed by atoms with Gasteiger partial charge in [-0.05, 0) is 26.2 Å². The number of amidine groups is 1. The highest BCUT2D eigenvalue weighted by molar-refractivity contribution is 5.95. The molecule has 15 heavy (non-hydrogen) atoms. The molecule has 0 aliphatic carbocycles. The van der Waals surface area contributed by atoms with E-state index in [0.29, 0.717) is 18.1 Å². The molecule has 1 rings (SSSR count). The minimum Gasteiger partial charge on any atom is -0.490 e. The summed E-state index contributed by atoms with van der Waals surface area (Å²) in [4.78, 5) is 6.01. The van der Waals surface area contributed by atoms with Crippen molar-refractivity contribution in [3.63, 3.8) is 0 Å². The van der Waals surface area contributed by atoms with E-state index in [-0.39, 0.29) is 5.84 Å². The molecule has 1 heterocycles. The molecule has 1 aromatic rings. The monoisotopic (exact) mass is 208 g/mol. The Labute approximate surface area is 89.4 Å². The summed E-state index contributed by atoms with van der Waals surface area (Å²) in [6.07, 6.45) is 1.59. The quantitative estimate of drug-likeness (QED) is 0.539. The SMILES string of the molecule is CN(C)CCOc1cccnc1C(=N)N. The van der Waals surface area contributed by atoms with E-state index >= 15 is 0 Å². The van der Waals surface area contributed by atoms with Crippen molar-refractivity contribution in [2.24, 2.45) is 5.73 Å². The third-order valence-electron chi connectivity index (χ3n) is 1.82. The van der Waals surface area contributed by atoms with E-state index in [1.54, 1.807) is 18.3 Å². The maximum Gasteiger partial charge on any atom is 0.148 e. The first kappa shape index (κ1) is 11.5. The van der Waals surface area contributed by atoms with Crippen molar-refractivity contribution in [2.45, 2.75) is 0 Å². The zero-order valence-corrected chi connectivity index (χ0v) is 9.03. The van der Waals surface area contributed by atoms with Crippen LogP contribution in [-0.4, -0.2) is 43.0 Å². The van der Waals surface area contributed by atoms with Crippen LogP contribution in [0.4, 0.5) is 0 Å². The van der Waals surface area contributed by atoms with Gasteiger partial charge >= 0.3 is 0 Å². The third kappa shape index (κ3) is 3.55. The lowest BCUT2D eigenvalue weighted by molar-refractivity contribution is 0.260. The molecule has 1 aromatic heterocycles. The maximum atomic E-state index is 7.32. The normalized spacial score (nSPS) is 10.3. The summed E-state index contributed by atoms with van der Waals surface area (Å²) in [5.74, 6) is 0.488. The summed E-state index contributed by atoms with van der Waals surface area (Å²) in [5.41, 5.74) is 5.78. The summed E-state index contributed by atoms with van der Waals surface area (Å²) in [6.45, 7) is 1.37. The van der Waals surface area contributed by atoms with Crippen LogP contribution in [0.1, 0.15) is 5.69 Å². The molecule has 0 aliphatic rings. The second-order valence-corrected chi connectivity index (χ2v) is 3.42. The number of rotatable bonds is 5. The molecule has 0 amide bonds. The average molecular weight is 208 g/mol. The summed E-state index contributed by atoms with van der Waals surface area (Å²) in [6, 6.07) is 3.52. The summed E-state index contributed by atoms with van der Waals surface area (Å²) in [7, 11) is 3.94. The topological polar surface area (TPSA) is 75.2 Å². The van der Waals surface area contributed by atoms with Gasteiger partial charge in [0.15, 0.2) is 0 Å². The number of hydrogen-bond acceptors (Lipinski definition) is 4. The fourth-order valence-corrected chi connectivity index (χ4v) is 1.05. The number of nitrogens with zero attached hydrogens (tertiary/aromatic N) is 2. The Kier molecular flexibility index (Phi) is 4.05. The first-order valence-electron chi connectivity index (χ1n) is 4.68. The van der Waals surface area contributed by atoms with Crippen molar-refractivity contribution in [1.29, 1.82) is 5.41 Å². The predicted molar refractivity (Wildman–Crippen MR) is 59.3 cm³/mol. The van der Waals surface area contributed by atoms with Crippen LogP contribution in [0.3, 0.4) is 0 Å². The molecule has 5 nitrogen and oxygen atoms in total. The fraction of sp³-hybridized carbons (Fsp3) is 0.400. The van der Waals surface area contributed by atoms with Gasteiger partial charge in [-0.3, -0.25) is 5.41 Å². The van der Waals surface area contributed by atoms with E-state index < -0.39 is 0 Å². The van der Waals surface area contributed by atoms with E-state index in [9.17, 15) is 0 Å². The molecule has 0 spiro atoms. The van der Waals surface area contributed by atoms with Crippen LogP contribution in [0.15, 0.2) is 18.3 Å². The third-order valence-corrected chi connectivity index (χ3v) is 1.82. The number of pyridine rings is 1. The molecule has 0 fully saturated rings. The number of hydrogen-bond donors (Lipinski definition) is 2. The Hall–Kier alpha value is -1.62. The standard InChI is InChI=1S/C10H16N4O/c1-14(2)6-7-15-8-4-3-5-13-9(8)10(11)12/h3-5H,6-7H2,1-2H3,(H3,11,12). The fourth-order valence-electron chi connectivity index (χ4n) is 1.05. The minimum absolute atomic E-state index is 0.0737. The zero-order valence-electron chi connectivity index (χ0n) is 9.03. The predicted octanol–water partition coefficient (Wildman–Crippen LogP) is 0.306. The molecule has 3 N–H and O–H groups in total. The van der Waals surface area contributed by atoms with Gasteiger partial charge in [-0.25, -0.2) is 4.98 Å². The second-order valence-electron chi connectivity index (χ2n) is 3.42. The van der Waals surface area contributed by atoms with E-state index in [0.717, 1.165) is 6.54 Å². The molecule has 0 atom stereocenters. The lowest BCUT2D eigenvalue weighted by atomic mass is 10.3. The first-order chi connectivity index (χ1) is 7.11. The zero-order chi connectivity index (χ0) is 11.3. The second kappa shape index (κ2) is 5.31. The van der Waals surface area contributed by atoms with Gasteiger partial charge in [-0.2, -0.15) is 0 Å². The molecule has 0 radical (unpaired) electrons. The smallest absolute Gasteiger partial charge is 0.148 e. The van der Waals surface area contributed by atoms with E-state index in [1.807, 2.05) is 19.0 Å². The molecule has 0 aromatic carbocycles. The Bertz CT molecular complexity index is 338. The number of nitrogen functional groups attached to an aromatic ring is 1. The van der Waals surface area contributed by atoms with Gasteiger partial charge in [0, 0.05) is 12.7 Å². The molecule has 0 saturated heterocycles. The van der Waals surface area contributed by atoms with Crippen LogP contribution < -0.4 is 10.5 Å². The van der Waals surface area contributed by atoms with Gasteiger partial charge in [0.05, 0.1) is 0 Å². The Morgan fingerprint density at radius 2 is 2.33 bits per heavy atom. The van der Waals surface area contributed by atoms with E-state index in [2.05, 4.69) is 4.98 Å². The van der Waals surface area contributed by atoms with Crippen LogP contribution in [-0.2, 0) is 0 Å². The molecule has 0 bridgehead atoms. The van der Waals surface area contributed by atoms with Crippen molar-refractivity contribution in [1.82, 2.24) is 9.88 Å². The van der Waals surface area contributed by atoms with Gasteiger partial charge in [0.1, 0.15) is 23.9 Å². The van der Waals surface area contributed by atoms with Crippen LogP contribution in [0.5, 0.6) is 5.75 Å². The largest absolute Gasteiger partial charge is 0.490 e. The van der Waals surface area contributed by atoms with Crippen molar-refractivity contribution in [3.05, 3.63) is 24.0 Å². The van der Waals surface area contributed by atoms with Gasteiger partial charge in [-0.15, -0.1) is 0 Å². The lowest BCUT2D eigenvalue weighted by Crippen LogP contribution is -2.21. The molecular weight excluding hydrogens is 192 g/mol. The molecule has 0 aliphatic heterocycles. The summed E-state index contributed by atoms with van der Waals surface area (Å²) >= 11 is 0. The van der Waals surface area contributed by atoms with Gasteiger partial charge in [0.2, 0.25) is 0 Å². The first-order valence-corrected chi connectivity index (χ1v) is 4.68. The Balaban J connectivity index is 2.63. The van der Waals surface area contributed by atoms with Crippen LogP contribution >= 0.6 is 0 Å². The Morgan fingerprint density at radius 3 is 2.93 bits per heavy atom. The highest BCUT2D eigenvalue weighted by Crippen LogP contribution is 2.13. The lowest BCUT2D eigenvalue weighted by Gasteiger charge is -2.12. The molecule has 0 saturated carbocycles.